The summed E-state index contributed by atoms with van der Waals surface area (Å²) in [5.41, 5.74) is 9.49. The maximum absolute atomic E-state index is 5.85. The monoisotopic (exact) mass is 233 g/mol. The Morgan fingerprint density at radius 2 is 2.12 bits per heavy atom. The highest BCUT2D eigenvalue weighted by atomic mass is 16.5. The smallest absolute Gasteiger partial charge is 0.125 e. The first-order valence-corrected chi connectivity index (χ1v) is 6.11. The molecule has 0 aliphatic heterocycles. The minimum Gasteiger partial charge on any atom is -0.489 e. The summed E-state index contributed by atoms with van der Waals surface area (Å²) < 4.78 is 5.85. The fraction of sp³-hybridized carbons (Fsp3) is 0.467. The first kappa shape index (κ1) is 13.8. The van der Waals surface area contributed by atoms with Gasteiger partial charge in [0.15, 0.2) is 0 Å². The molecule has 0 spiro atoms. The molecule has 1 rings (SSSR count). The van der Waals surface area contributed by atoms with Crippen LogP contribution in [0.5, 0.6) is 5.75 Å². The molecule has 0 bridgehead atoms. The molecule has 0 aliphatic carbocycles. The molecule has 1 aromatic carbocycles. The van der Waals surface area contributed by atoms with Crippen molar-refractivity contribution in [3.63, 3.8) is 0 Å². The van der Waals surface area contributed by atoms with Gasteiger partial charge in [0.2, 0.25) is 0 Å². The minimum absolute atomic E-state index is 0.155. The molecule has 0 heterocycles. The average molecular weight is 233 g/mol. The Morgan fingerprint density at radius 3 is 2.71 bits per heavy atom. The first-order valence-electron chi connectivity index (χ1n) is 6.11. The number of ether oxygens (including phenoxy) is 1. The zero-order valence-corrected chi connectivity index (χ0v) is 11.3. The molecule has 0 amide bonds. The normalized spacial score (nSPS) is 12.1. The van der Waals surface area contributed by atoms with Gasteiger partial charge in [-0.3, -0.25) is 0 Å². The molecule has 1 unspecified atom stereocenters. The van der Waals surface area contributed by atoms with Gasteiger partial charge in [-0.05, 0) is 51.3 Å². The van der Waals surface area contributed by atoms with Gasteiger partial charge in [0.05, 0.1) is 0 Å². The van der Waals surface area contributed by atoms with Crippen LogP contribution in [0.4, 0.5) is 0 Å². The van der Waals surface area contributed by atoms with Crippen LogP contribution in [0, 0.1) is 6.92 Å². The lowest BCUT2D eigenvalue weighted by molar-refractivity contribution is 0.354. The second-order valence-corrected chi connectivity index (χ2v) is 4.84. The number of allylic oxidation sites excluding steroid dienone is 1. The maximum atomic E-state index is 5.85. The van der Waals surface area contributed by atoms with Crippen LogP contribution in [0.3, 0.4) is 0 Å². The van der Waals surface area contributed by atoms with Crippen LogP contribution in [0.2, 0.25) is 0 Å². The molecule has 2 heteroatoms. The molecule has 0 aliphatic rings. The molecule has 0 aromatic heterocycles. The summed E-state index contributed by atoms with van der Waals surface area (Å²) in [7, 11) is 0. The lowest BCUT2D eigenvalue weighted by atomic mass is 10.0. The van der Waals surface area contributed by atoms with E-state index in [4.69, 9.17) is 10.5 Å². The molecule has 2 nitrogen and oxygen atoms in total. The predicted molar refractivity (Wildman–Crippen MR) is 73.5 cm³/mol. The summed E-state index contributed by atoms with van der Waals surface area (Å²) in [5, 5.41) is 0. The van der Waals surface area contributed by atoms with Crippen molar-refractivity contribution in [2.75, 3.05) is 6.61 Å². The highest BCUT2D eigenvalue weighted by molar-refractivity contribution is 5.41. The predicted octanol–water partition coefficient (Wildman–Crippen LogP) is 3.23. The Hall–Kier alpha value is -1.28. The van der Waals surface area contributed by atoms with Gasteiger partial charge < -0.3 is 10.5 Å². The van der Waals surface area contributed by atoms with Gasteiger partial charge in [-0.1, -0.05) is 23.8 Å². The zero-order chi connectivity index (χ0) is 12.8. The van der Waals surface area contributed by atoms with E-state index in [9.17, 15) is 0 Å². The number of hydrogen-bond acceptors (Lipinski definition) is 2. The Bertz CT molecular complexity index is 390. The SMILES string of the molecule is CC(C)=CCOc1c(C)cccc1CC(C)N. The highest BCUT2D eigenvalue weighted by Crippen LogP contribution is 2.24. The number of para-hydroxylation sites is 1. The van der Waals surface area contributed by atoms with E-state index >= 15 is 0 Å². The second kappa shape index (κ2) is 6.45. The van der Waals surface area contributed by atoms with Crippen LogP contribution in [0.25, 0.3) is 0 Å². The van der Waals surface area contributed by atoms with Crippen molar-refractivity contribution in [2.45, 2.75) is 40.2 Å². The van der Waals surface area contributed by atoms with Crippen LogP contribution in [0.15, 0.2) is 29.8 Å². The van der Waals surface area contributed by atoms with Crippen LogP contribution in [-0.4, -0.2) is 12.6 Å². The van der Waals surface area contributed by atoms with Crippen molar-refractivity contribution in [1.29, 1.82) is 0 Å². The summed E-state index contributed by atoms with van der Waals surface area (Å²) in [5.74, 6) is 0.988. The number of benzene rings is 1. The van der Waals surface area contributed by atoms with Gasteiger partial charge >= 0.3 is 0 Å². The van der Waals surface area contributed by atoms with Gasteiger partial charge in [-0.25, -0.2) is 0 Å². The topological polar surface area (TPSA) is 35.2 Å². The van der Waals surface area contributed by atoms with Gasteiger partial charge in [0.1, 0.15) is 12.4 Å². The van der Waals surface area contributed by atoms with Crippen molar-refractivity contribution in [3.05, 3.63) is 41.0 Å². The number of nitrogens with two attached hydrogens (primary N) is 1. The molecule has 1 aromatic rings. The molecule has 0 fully saturated rings. The Balaban J connectivity index is 2.84. The summed E-state index contributed by atoms with van der Waals surface area (Å²) in [6, 6.07) is 6.37. The fourth-order valence-electron chi connectivity index (χ4n) is 1.72. The molecule has 2 N–H and O–H groups in total. The maximum Gasteiger partial charge on any atom is 0.125 e. The number of aryl methyl sites for hydroxylation is 1. The number of hydrogen-bond donors (Lipinski definition) is 1. The minimum atomic E-state index is 0.155. The lowest BCUT2D eigenvalue weighted by Gasteiger charge is -2.14. The summed E-state index contributed by atoms with van der Waals surface area (Å²) >= 11 is 0. The zero-order valence-electron chi connectivity index (χ0n) is 11.3. The average Bonchev–Trinajstić information content (AvgIpc) is 2.21. The van der Waals surface area contributed by atoms with E-state index in [2.05, 4.69) is 45.0 Å². The molecular formula is C15H23NO. The second-order valence-electron chi connectivity index (χ2n) is 4.84. The lowest BCUT2D eigenvalue weighted by Crippen LogP contribution is -2.18. The molecular weight excluding hydrogens is 210 g/mol. The molecule has 94 valence electrons. The standard InChI is InChI=1S/C15H23NO/c1-11(2)8-9-17-15-12(3)6-5-7-14(15)10-13(4)16/h5-8,13H,9-10,16H2,1-4H3. The molecule has 0 saturated carbocycles. The molecule has 0 radical (unpaired) electrons. The van der Waals surface area contributed by atoms with Crippen molar-refractivity contribution in [2.24, 2.45) is 5.73 Å². The fourth-order valence-corrected chi connectivity index (χ4v) is 1.72. The summed E-state index contributed by atoms with van der Waals surface area (Å²) in [6.07, 6.45) is 2.94. The third-order valence-corrected chi connectivity index (χ3v) is 2.55. The largest absolute Gasteiger partial charge is 0.489 e. The number of rotatable bonds is 5. The van der Waals surface area contributed by atoms with E-state index in [1.54, 1.807) is 0 Å². The molecule has 0 saturated heterocycles. The van der Waals surface area contributed by atoms with E-state index < -0.39 is 0 Å². The van der Waals surface area contributed by atoms with Crippen LogP contribution >= 0.6 is 0 Å². The Morgan fingerprint density at radius 1 is 1.41 bits per heavy atom. The van der Waals surface area contributed by atoms with Crippen molar-refractivity contribution in [1.82, 2.24) is 0 Å². The van der Waals surface area contributed by atoms with Crippen LogP contribution in [0.1, 0.15) is 31.9 Å². The molecule has 1 atom stereocenters. The van der Waals surface area contributed by atoms with E-state index in [0.29, 0.717) is 6.61 Å². The summed E-state index contributed by atoms with van der Waals surface area (Å²) in [6.45, 7) is 8.86. The van der Waals surface area contributed by atoms with Crippen molar-refractivity contribution >= 4 is 0 Å². The highest BCUT2D eigenvalue weighted by Gasteiger charge is 2.08. The van der Waals surface area contributed by atoms with Gasteiger partial charge in [-0.15, -0.1) is 0 Å². The van der Waals surface area contributed by atoms with Crippen LogP contribution < -0.4 is 10.5 Å². The van der Waals surface area contributed by atoms with Crippen molar-refractivity contribution in [3.8, 4) is 5.75 Å². The van der Waals surface area contributed by atoms with Gasteiger partial charge in [0.25, 0.3) is 0 Å². The summed E-state index contributed by atoms with van der Waals surface area (Å²) in [4.78, 5) is 0. The van der Waals surface area contributed by atoms with Crippen LogP contribution in [-0.2, 0) is 6.42 Å². The Kier molecular flexibility index (Phi) is 5.23. The molecule has 17 heavy (non-hydrogen) atoms. The first-order chi connectivity index (χ1) is 8.00. The van der Waals surface area contributed by atoms with E-state index in [0.717, 1.165) is 12.2 Å². The van der Waals surface area contributed by atoms with Crippen molar-refractivity contribution < 1.29 is 4.74 Å². The third-order valence-electron chi connectivity index (χ3n) is 2.55. The third kappa shape index (κ3) is 4.61. The van der Waals surface area contributed by atoms with Gasteiger partial charge in [-0.2, -0.15) is 0 Å². The van der Waals surface area contributed by atoms with E-state index in [1.165, 1.54) is 16.7 Å². The quantitative estimate of drug-likeness (QED) is 0.792. The van der Waals surface area contributed by atoms with E-state index in [-0.39, 0.29) is 6.04 Å². The Labute approximate surface area is 104 Å². The van der Waals surface area contributed by atoms with E-state index in [1.807, 2.05) is 6.92 Å². The van der Waals surface area contributed by atoms with Gasteiger partial charge in [0, 0.05) is 6.04 Å².